The van der Waals surface area contributed by atoms with E-state index in [1.54, 1.807) is 6.92 Å². The number of hydrogen-bond acceptors (Lipinski definition) is 6. The van der Waals surface area contributed by atoms with Crippen molar-refractivity contribution >= 4 is 29.0 Å². The van der Waals surface area contributed by atoms with E-state index in [0.29, 0.717) is 0 Å². The number of rotatable bonds is 5. The highest BCUT2D eigenvalue weighted by molar-refractivity contribution is 6.28. The van der Waals surface area contributed by atoms with Crippen LogP contribution in [-0.4, -0.2) is 32.9 Å². The van der Waals surface area contributed by atoms with Crippen molar-refractivity contribution in [3.63, 3.8) is 0 Å². The zero-order valence-electron chi connectivity index (χ0n) is 10.7. The number of carbonyl (C=O) groups is 1. The number of nitrogens with zero attached hydrogens (tertiary/aromatic N) is 3. The summed E-state index contributed by atoms with van der Waals surface area (Å²) in [4.78, 5) is 29.1. The van der Waals surface area contributed by atoms with Gasteiger partial charge in [0.05, 0.1) is 4.92 Å². The molecule has 0 aliphatic heterocycles. The molecule has 0 bridgehead atoms. The Kier molecular flexibility index (Phi) is 4.99. The second-order valence-electron chi connectivity index (χ2n) is 4.16. The Labute approximate surface area is 114 Å². The van der Waals surface area contributed by atoms with Gasteiger partial charge in [0.2, 0.25) is 17.0 Å². The van der Waals surface area contributed by atoms with E-state index >= 15 is 0 Å². The second kappa shape index (κ2) is 6.28. The number of hydrogen-bond donors (Lipinski definition) is 2. The summed E-state index contributed by atoms with van der Waals surface area (Å²) in [5, 5.41) is 16.0. The zero-order chi connectivity index (χ0) is 14.6. The Morgan fingerprint density at radius 1 is 1.47 bits per heavy atom. The van der Waals surface area contributed by atoms with Crippen molar-refractivity contribution in [2.45, 2.75) is 32.9 Å². The molecule has 0 spiro atoms. The summed E-state index contributed by atoms with van der Waals surface area (Å²) in [6, 6.07) is -0.715. The third kappa shape index (κ3) is 4.32. The maximum absolute atomic E-state index is 11.7. The van der Waals surface area contributed by atoms with Crippen LogP contribution < -0.4 is 10.6 Å². The first-order valence-corrected chi connectivity index (χ1v) is 5.93. The molecule has 0 aromatic carbocycles. The smallest absolute Gasteiger partial charge is 0.329 e. The number of carbonyl (C=O) groups excluding carboxylic acids is 1. The van der Waals surface area contributed by atoms with Gasteiger partial charge < -0.3 is 10.6 Å². The molecule has 0 fully saturated rings. The number of nitro groups is 1. The predicted molar refractivity (Wildman–Crippen MR) is 70.1 cm³/mol. The topological polar surface area (TPSA) is 110 Å². The molecule has 8 nitrogen and oxygen atoms in total. The van der Waals surface area contributed by atoms with E-state index in [1.807, 2.05) is 13.8 Å². The second-order valence-corrected chi connectivity index (χ2v) is 4.50. The maximum Gasteiger partial charge on any atom is 0.329 e. The molecule has 1 amide bonds. The quantitative estimate of drug-likeness (QED) is 0.481. The van der Waals surface area contributed by atoms with Crippen molar-refractivity contribution in [1.82, 2.24) is 15.3 Å². The lowest BCUT2D eigenvalue weighted by molar-refractivity contribution is -0.384. The first-order valence-electron chi connectivity index (χ1n) is 5.55. The predicted octanol–water partition coefficient (Wildman–Crippen LogP) is 1.36. The van der Waals surface area contributed by atoms with E-state index in [4.69, 9.17) is 11.6 Å². The molecule has 9 heteroatoms. The Hall–Kier alpha value is -1.96. The van der Waals surface area contributed by atoms with Crippen molar-refractivity contribution in [3.8, 4) is 0 Å². The fraction of sp³-hybridized carbons (Fsp3) is 0.500. The first-order chi connectivity index (χ1) is 8.81. The summed E-state index contributed by atoms with van der Waals surface area (Å²) in [5.41, 5.74) is -0.339. The lowest BCUT2D eigenvalue weighted by Crippen LogP contribution is -2.41. The van der Waals surface area contributed by atoms with Gasteiger partial charge in [-0.25, -0.2) is 4.98 Å². The van der Waals surface area contributed by atoms with Gasteiger partial charge in [0.1, 0.15) is 12.2 Å². The van der Waals surface area contributed by atoms with Crippen LogP contribution in [-0.2, 0) is 4.79 Å². The van der Waals surface area contributed by atoms with Gasteiger partial charge in [0.25, 0.3) is 0 Å². The third-order valence-corrected chi connectivity index (χ3v) is 2.30. The summed E-state index contributed by atoms with van der Waals surface area (Å²) in [5.74, 6) is -0.379. The fourth-order valence-electron chi connectivity index (χ4n) is 1.27. The van der Waals surface area contributed by atoms with Crippen LogP contribution in [0.3, 0.4) is 0 Å². The van der Waals surface area contributed by atoms with Gasteiger partial charge in [-0.2, -0.15) is 4.98 Å². The molecule has 1 heterocycles. The molecule has 2 N–H and O–H groups in total. The lowest BCUT2D eigenvalue weighted by Gasteiger charge is -2.16. The SMILES string of the molecule is CC(C)NC(=O)C(C)Nc1nc(Cl)ncc1[N+](=O)[O-]. The van der Waals surface area contributed by atoms with Crippen LogP contribution in [0.25, 0.3) is 0 Å². The van der Waals surface area contributed by atoms with Crippen LogP contribution in [0, 0.1) is 10.1 Å². The van der Waals surface area contributed by atoms with Crippen LogP contribution in [0.15, 0.2) is 6.20 Å². The summed E-state index contributed by atoms with van der Waals surface area (Å²) in [6.07, 6.45) is 0.991. The molecule has 0 radical (unpaired) electrons. The minimum absolute atomic E-state index is 0.0271. The largest absolute Gasteiger partial charge is 0.353 e. The monoisotopic (exact) mass is 287 g/mol. The molecule has 1 aromatic rings. The number of aromatic nitrogens is 2. The van der Waals surface area contributed by atoms with E-state index in [2.05, 4.69) is 20.6 Å². The van der Waals surface area contributed by atoms with Crippen LogP contribution >= 0.6 is 11.6 Å². The molecular formula is C10H14ClN5O3. The van der Waals surface area contributed by atoms with Gasteiger partial charge >= 0.3 is 5.69 Å². The van der Waals surface area contributed by atoms with E-state index in [-0.39, 0.29) is 28.7 Å². The van der Waals surface area contributed by atoms with Gasteiger partial charge in [0.15, 0.2) is 0 Å². The Morgan fingerprint density at radius 2 is 2.11 bits per heavy atom. The summed E-state index contributed by atoms with van der Waals surface area (Å²) < 4.78 is 0. The molecule has 0 aliphatic carbocycles. The Morgan fingerprint density at radius 3 is 2.63 bits per heavy atom. The first kappa shape index (κ1) is 15.1. The molecule has 0 aliphatic rings. The minimum Gasteiger partial charge on any atom is -0.353 e. The molecule has 1 unspecified atom stereocenters. The number of amides is 1. The normalized spacial score (nSPS) is 12.1. The van der Waals surface area contributed by atoms with Gasteiger partial charge in [-0.05, 0) is 32.4 Å². The Bertz CT molecular complexity index is 494. The summed E-state index contributed by atoms with van der Waals surface area (Å²) in [7, 11) is 0. The van der Waals surface area contributed by atoms with Gasteiger partial charge in [-0.1, -0.05) is 0 Å². The average Bonchev–Trinajstić information content (AvgIpc) is 2.27. The van der Waals surface area contributed by atoms with Crippen LogP contribution in [0.4, 0.5) is 11.5 Å². The van der Waals surface area contributed by atoms with Crippen molar-refractivity contribution in [2.24, 2.45) is 0 Å². The average molecular weight is 288 g/mol. The van der Waals surface area contributed by atoms with Crippen LogP contribution in [0.5, 0.6) is 0 Å². The molecule has 0 saturated heterocycles. The minimum atomic E-state index is -0.688. The van der Waals surface area contributed by atoms with Crippen molar-refractivity contribution < 1.29 is 9.72 Å². The molecular weight excluding hydrogens is 274 g/mol. The van der Waals surface area contributed by atoms with E-state index in [0.717, 1.165) is 6.20 Å². The highest BCUT2D eigenvalue weighted by Gasteiger charge is 2.21. The van der Waals surface area contributed by atoms with Gasteiger partial charge in [0, 0.05) is 6.04 Å². The van der Waals surface area contributed by atoms with Crippen molar-refractivity contribution in [1.29, 1.82) is 0 Å². The Balaban J connectivity index is 2.89. The highest BCUT2D eigenvalue weighted by atomic mass is 35.5. The standard InChI is InChI=1S/C10H14ClN5O3/c1-5(2)13-9(17)6(3)14-8-7(16(18)19)4-12-10(11)15-8/h4-6H,1-3H3,(H,13,17)(H,12,14,15). The highest BCUT2D eigenvalue weighted by Crippen LogP contribution is 2.22. The van der Waals surface area contributed by atoms with Crippen LogP contribution in [0.2, 0.25) is 5.28 Å². The molecule has 1 atom stereocenters. The third-order valence-electron chi connectivity index (χ3n) is 2.11. The van der Waals surface area contributed by atoms with Crippen molar-refractivity contribution in [3.05, 3.63) is 21.6 Å². The molecule has 0 saturated carbocycles. The molecule has 1 rings (SSSR count). The van der Waals surface area contributed by atoms with Crippen molar-refractivity contribution in [2.75, 3.05) is 5.32 Å². The summed E-state index contributed by atoms with van der Waals surface area (Å²) >= 11 is 5.58. The molecule has 1 aromatic heterocycles. The maximum atomic E-state index is 11.7. The molecule has 19 heavy (non-hydrogen) atoms. The van der Waals surface area contributed by atoms with E-state index in [1.165, 1.54) is 0 Å². The van der Waals surface area contributed by atoms with E-state index in [9.17, 15) is 14.9 Å². The number of halogens is 1. The fourth-order valence-corrected chi connectivity index (χ4v) is 1.41. The van der Waals surface area contributed by atoms with Gasteiger partial charge in [-0.15, -0.1) is 0 Å². The van der Waals surface area contributed by atoms with Gasteiger partial charge in [-0.3, -0.25) is 14.9 Å². The van der Waals surface area contributed by atoms with Crippen LogP contribution in [0.1, 0.15) is 20.8 Å². The lowest BCUT2D eigenvalue weighted by atomic mass is 10.2. The number of anilines is 1. The van der Waals surface area contributed by atoms with E-state index < -0.39 is 11.0 Å². The summed E-state index contributed by atoms with van der Waals surface area (Å²) in [6.45, 7) is 5.20. The zero-order valence-corrected chi connectivity index (χ0v) is 11.4. The molecule has 104 valence electrons. The number of nitrogens with one attached hydrogen (secondary N) is 2.